The van der Waals surface area contributed by atoms with Crippen molar-refractivity contribution in [2.45, 2.75) is 20.3 Å². The molecule has 6 aromatic rings. The first kappa shape index (κ1) is 21.7. The van der Waals surface area contributed by atoms with Crippen LogP contribution in [-0.2, 0) is 6.42 Å². The summed E-state index contributed by atoms with van der Waals surface area (Å²) in [5.74, 6) is 0.634. The molecule has 0 saturated heterocycles. The fourth-order valence-corrected chi connectivity index (χ4v) is 5.80. The predicted molar refractivity (Wildman–Crippen MR) is 150 cm³/mol. The number of rotatable bonds is 5. The summed E-state index contributed by atoms with van der Waals surface area (Å²) in [4.78, 5) is 9.95. The molecule has 0 aliphatic rings. The van der Waals surface area contributed by atoms with Crippen molar-refractivity contribution in [3.8, 4) is 33.0 Å². The van der Waals surface area contributed by atoms with Gasteiger partial charge in [-0.15, -0.1) is 11.3 Å². The first-order chi connectivity index (χ1) is 17.2. The molecule has 0 saturated carbocycles. The van der Waals surface area contributed by atoms with Crippen LogP contribution in [0.3, 0.4) is 0 Å². The summed E-state index contributed by atoms with van der Waals surface area (Å²) in [6.07, 6.45) is 3.02. The van der Waals surface area contributed by atoms with E-state index in [1.807, 2.05) is 12.3 Å². The largest absolute Gasteiger partial charge is 0.256 e. The fourth-order valence-electron chi connectivity index (χ4n) is 4.76. The van der Waals surface area contributed by atoms with Gasteiger partial charge in [0.15, 0.2) is 0 Å². The maximum atomic E-state index is 5.09. The van der Waals surface area contributed by atoms with Crippen LogP contribution in [0.15, 0.2) is 103 Å². The Morgan fingerprint density at radius 3 is 2.23 bits per heavy atom. The summed E-state index contributed by atoms with van der Waals surface area (Å²) in [6.45, 7) is 4.53. The lowest BCUT2D eigenvalue weighted by Crippen LogP contribution is -1.94. The molecule has 0 bridgehead atoms. The summed E-state index contributed by atoms with van der Waals surface area (Å²) in [5, 5.41) is 3.47. The van der Waals surface area contributed by atoms with Crippen molar-refractivity contribution in [2.75, 3.05) is 0 Å². The molecule has 0 unspecified atom stereocenters. The molecule has 3 heteroatoms. The number of fused-ring (bicyclic) bond motifs is 2. The number of thiazole rings is 1. The number of hydrogen-bond donors (Lipinski definition) is 0. The third-order valence-corrected chi connectivity index (χ3v) is 7.40. The zero-order valence-corrected chi connectivity index (χ0v) is 20.7. The smallest absolute Gasteiger partial charge is 0.124 e. The van der Waals surface area contributed by atoms with E-state index in [1.165, 1.54) is 26.6 Å². The quantitative estimate of drug-likeness (QED) is 0.251. The highest BCUT2D eigenvalue weighted by Crippen LogP contribution is 2.40. The van der Waals surface area contributed by atoms with Crippen molar-refractivity contribution in [3.05, 3.63) is 109 Å². The second kappa shape index (κ2) is 9.09. The van der Waals surface area contributed by atoms with Crippen molar-refractivity contribution in [3.63, 3.8) is 0 Å². The number of nitrogens with zero attached hydrogens (tertiary/aromatic N) is 2. The third-order valence-electron chi connectivity index (χ3n) is 6.35. The van der Waals surface area contributed by atoms with Crippen molar-refractivity contribution in [1.82, 2.24) is 9.97 Å². The number of pyridine rings is 1. The SMILES string of the molecule is CC(C)Cc1ccc2c(-c3cc(-c4ccccc4)c4nc(-c5ccccc5)sc4c3)nccc2c1. The van der Waals surface area contributed by atoms with Crippen LogP contribution in [0.5, 0.6) is 0 Å². The summed E-state index contributed by atoms with van der Waals surface area (Å²) < 4.78 is 1.18. The number of hydrogen-bond acceptors (Lipinski definition) is 3. The first-order valence-electron chi connectivity index (χ1n) is 12.1. The Bertz CT molecular complexity index is 1630. The van der Waals surface area contributed by atoms with Gasteiger partial charge in [-0.25, -0.2) is 4.98 Å². The summed E-state index contributed by atoms with van der Waals surface area (Å²) in [6, 6.07) is 34.4. The fraction of sp³-hybridized carbons (Fsp3) is 0.125. The van der Waals surface area contributed by atoms with Gasteiger partial charge in [0, 0.05) is 28.3 Å². The van der Waals surface area contributed by atoms with Gasteiger partial charge in [0.05, 0.1) is 15.9 Å². The number of benzene rings is 4. The lowest BCUT2D eigenvalue weighted by atomic mass is 9.96. The zero-order chi connectivity index (χ0) is 23.8. The molecule has 0 radical (unpaired) electrons. The Morgan fingerprint density at radius 1 is 0.743 bits per heavy atom. The van der Waals surface area contributed by atoms with Gasteiger partial charge in [0.25, 0.3) is 0 Å². The maximum Gasteiger partial charge on any atom is 0.124 e. The molecule has 4 aromatic carbocycles. The normalized spacial score (nSPS) is 11.5. The lowest BCUT2D eigenvalue weighted by molar-refractivity contribution is 0.648. The Hall–Kier alpha value is -3.82. The molecule has 6 rings (SSSR count). The van der Waals surface area contributed by atoms with E-state index in [2.05, 4.69) is 105 Å². The molecule has 2 aromatic heterocycles. The Balaban J connectivity index is 1.57. The molecule has 0 N–H and O–H groups in total. The van der Waals surface area contributed by atoms with Crippen LogP contribution in [-0.4, -0.2) is 9.97 Å². The van der Waals surface area contributed by atoms with Gasteiger partial charge in [0.2, 0.25) is 0 Å². The lowest BCUT2D eigenvalue weighted by Gasteiger charge is -2.11. The molecule has 2 nitrogen and oxygen atoms in total. The average Bonchev–Trinajstić information content (AvgIpc) is 3.33. The highest BCUT2D eigenvalue weighted by atomic mass is 32.1. The minimum absolute atomic E-state index is 0.634. The van der Waals surface area contributed by atoms with E-state index in [0.29, 0.717) is 5.92 Å². The van der Waals surface area contributed by atoms with Crippen LogP contribution in [0.2, 0.25) is 0 Å². The van der Waals surface area contributed by atoms with Crippen LogP contribution in [0.1, 0.15) is 19.4 Å². The van der Waals surface area contributed by atoms with E-state index in [0.717, 1.165) is 39.3 Å². The molecule has 35 heavy (non-hydrogen) atoms. The van der Waals surface area contributed by atoms with Crippen molar-refractivity contribution in [1.29, 1.82) is 0 Å². The minimum atomic E-state index is 0.634. The van der Waals surface area contributed by atoms with Gasteiger partial charge in [-0.2, -0.15) is 0 Å². The van der Waals surface area contributed by atoms with Gasteiger partial charge < -0.3 is 0 Å². The van der Waals surface area contributed by atoms with E-state index >= 15 is 0 Å². The second-order valence-electron chi connectivity index (χ2n) is 9.43. The predicted octanol–water partition coefficient (Wildman–Crippen LogP) is 9.04. The molecule has 0 atom stereocenters. The Morgan fingerprint density at radius 2 is 1.49 bits per heavy atom. The van der Waals surface area contributed by atoms with Gasteiger partial charge in [0.1, 0.15) is 5.01 Å². The minimum Gasteiger partial charge on any atom is -0.256 e. The highest BCUT2D eigenvalue weighted by Gasteiger charge is 2.16. The summed E-state index contributed by atoms with van der Waals surface area (Å²) in [7, 11) is 0. The van der Waals surface area contributed by atoms with E-state index < -0.39 is 0 Å². The van der Waals surface area contributed by atoms with Gasteiger partial charge >= 0.3 is 0 Å². The molecular formula is C32H26N2S. The van der Waals surface area contributed by atoms with Crippen molar-refractivity contribution in [2.24, 2.45) is 5.92 Å². The molecule has 2 heterocycles. The third kappa shape index (κ3) is 4.24. The van der Waals surface area contributed by atoms with E-state index in [-0.39, 0.29) is 0 Å². The first-order valence-corrected chi connectivity index (χ1v) is 12.9. The Kier molecular flexibility index (Phi) is 5.63. The molecule has 0 spiro atoms. The average molecular weight is 471 g/mol. The molecule has 0 fully saturated rings. The molecule has 0 aliphatic carbocycles. The molecule has 170 valence electrons. The van der Waals surface area contributed by atoms with Crippen LogP contribution < -0.4 is 0 Å². The topological polar surface area (TPSA) is 25.8 Å². The second-order valence-corrected chi connectivity index (χ2v) is 10.5. The van der Waals surface area contributed by atoms with E-state index in [4.69, 9.17) is 9.97 Å². The van der Waals surface area contributed by atoms with Gasteiger partial charge in [-0.1, -0.05) is 92.7 Å². The molecular weight excluding hydrogens is 444 g/mol. The number of aromatic nitrogens is 2. The van der Waals surface area contributed by atoms with Crippen molar-refractivity contribution < 1.29 is 0 Å². The zero-order valence-electron chi connectivity index (χ0n) is 19.9. The maximum absolute atomic E-state index is 5.09. The standard InChI is InChI=1S/C32H26N2S/c1-21(2)17-22-13-14-27-25(18-22)15-16-33-30(27)26-19-28(23-9-5-3-6-10-23)31-29(20-26)35-32(34-31)24-11-7-4-8-12-24/h3-16,18-21H,17H2,1-2H3. The van der Waals surface area contributed by atoms with E-state index in [1.54, 1.807) is 11.3 Å². The van der Waals surface area contributed by atoms with E-state index in [9.17, 15) is 0 Å². The van der Waals surface area contributed by atoms with Crippen LogP contribution in [0.4, 0.5) is 0 Å². The monoisotopic (exact) mass is 470 g/mol. The van der Waals surface area contributed by atoms with Gasteiger partial charge in [-0.05, 0) is 47.1 Å². The summed E-state index contributed by atoms with van der Waals surface area (Å²) in [5.41, 5.74) is 8.03. The van der Waals surface area contributed by atoms with Gasteiger partial charge in [-0.3, -0.25) is 4.98 Å². The summed E-state index contributed by atoms with van der Waals surface area (Å²) >= 11 is 1.74. The van der Waals surface area contributed by atoms with Crippen molar-refractivity contribution >= 4 is 32.3 Å². The highest BCUT2D eigenvalue weighted by molar-refractivity contribution is 7.21. The molecule has 0 amide bonds. The van der Waals surface area contributed by atoms with Crippen LogP contribution in [0.25, 0.3) is 53.9 Å². The van der Waals surface area contributed by atoms with Crippen LogP contribution in [0, 0.1) is 5.92 Å². The molecule has 0 aliphatic heterocycles. The Labute approximate surface area is 210 Å². The van der Waals surface area contributed by atoms with Crippen LogP contribution >= 0.6 is 11.3 Å².